The van der Waals surface area contributed by atoms with Gasteiger partial charge in [-0.05, 0) is 26.7 Å². The van der Waals surface area contributed by atoms with Crippen LogP contribution in [0, 0.1) is 0 Å². The summed E-state index contributed by atoms with van der Waals surface area (Å²) < 4.78 is 1.82. The molecule has 1 aromatic heterocycles. The summed E-state index contributed by atoms with van der Waals surface area (Å²) in [6.07, 6.45) is 8.15. The third kappa shape index (κ3) is 3.22. The maximum atomic E-state index is 11.7. The minimum atomic E-state index is -0.125. The van der Waals surface area contributed by atoms with Gasteiger partial charge in [0.1, 0.15) is 0 Å². The first-order valence-electron chi connectivity index (χ1n) is 6.27. The molecule has 5 nitrogen and oxygen atoms in total. The van der Waals surface area contributed by atoms with Crippen molar-refractivity contribution in [2.75, 3.05) is 5.32 Å². The van der Waals surface area contributed by atoms with Crippen LogP contribution < -0.4 is 10.6 Å². The van der Waals surface area contributed by atoms with Gasteiger partial charge in [-0.1, -0.05) is 12.8 Å². The molecule has 1 aromatic rings. The zero-order valence-corrected chi connectivity index (χ0v) is 10.4. The fourth-order valence-electron chi connectivity index (χ4n) is 2.11. The van der Waals surface area contributed by atoms with Crippen molar-refractivity contribution in [2.45, 2.75) is 51.6 Å². The average Bonchev–Trinajstić information content (AvgIpc) is 2.88. The Morgan fingerprint density at radius 2 is 2.18 bits per heavy atom. The van der Waals surface area contributed by atoms with E-state index in [1.54, 1.807) is 6.20 Å². The van der Waals surface area contributed by atoms with E-state index >= 15 is 0 Å². The fraction of sp³-hybridized carbons (Fsp3) is 0.667. The van der Waals surface area contributed by atoms with E-state index in [0.717, 1.165) is 18.5 Å². The van der Waals surface area contributed by atoms with Gasteiger partial charge in [-0.25, -0.2) is 4.79 Å². The third-order valence-corrected chi connectivity index (χ3v) is 3.08. The smallest absolute Gasteiger partial charge is 0.319 e. The van der Waals surface area contributed by atoms with Crippen LogP contribution in [0.25, 0.3) is 0 Å². The molecule has 2 N–H and O–H groups in total. The quantitative estimate of drug-likeness (QED) is 0.847. The number of rotatable bonds is 3. The molecule has 0 bridgehead atoms. The van der Waals surface area contributed by atoms with Crippen LogP contribution in [-0.2, 0) is 0 Å². The molecule has 2 amide bonds. The summed E-state index contributed by atoms with van der Waals surface area (Å²) in [5.74, 6) is 0. The van der Waals surface area contributed by atoms with Crippen molar-refractivity contribution in [1.29, 1.82) is 0 Å². The van der Waals surface area contributed by atoms with Crippen LogP contribution in [0.4, 0.5) is 10.5 Å². The van der Waals surface area contributed by atoms with E-state index in [9.17, 15) is 4.79 Å². The Labute approximate surface area is 102 Å². The van der Waals surface area contributed by atoms with Crippen molar-refractivity contribution in [3.05, 3.63) is 12.4 Å². The molecule has 0 saturated heterocycles. The zero-order valence-electron chi connectivity index (χ0n) is 10.4. The van der Waals surface area contributed by atoms with Crippen molar-refractivity contribution in [3.63, 3.8) is 0 Å². The summed E-state index contributed by atoms with van der Waals surface area (Å²) in [5.41, 5.74) is 0.745. The number of hydrogen-bond donors (Lipinski definition) is 2. The number of hydrogen-bond acceptors (Lipinski definition) is 2. The summed E-state index contributed by atoms with van der Waals surface area (Å²) in [6.45, 7) is 4.10. The van der Waals surface area contributed by atoms with E-state index in [1.807, 2.05) is 10.9 Å². The van der Waals surface area contributed by atoms with E-state index in [0.29, 0.717) is 12.1 Å². The Balaban J connectivity index is 1.84. The van der Waals surface area contributed by atoms with Gasteiger partial charge in [0.25, 0.3) is 0 Å². The average molecular weight is 236 g/mol. The Morgan fingerprint density at radius 1 is 1.47 bits per heavy atom. The van der Waals surface area contributed by atoms with Crippen molar-refractivity contribution in [1.82, 2.24) is 15.1 Å². The summed E-state index contributed by atoms with van der Waals surface area (Å²) in [5, 5.41) is 9.96. The van der Waals surface area contributed by atoms with E-state index < -0.39 is 0 Å². The number of amides is 2. The topological polar surface area (TPSA) is 59.0 Å². The second kappa shape index (κ2) is 5.21. The zero-order chi connectivity index (χ0) is 12.3. The Hall–Kier alpha value is -1.52. The normalized spacial score (nSPS) is 16.4. The highest BCUT2D eigenvalue weighted by atomic mass is 16.2. The number of nitrogens with zero attached hydrogens (tertiary/aromatic N) is 2. The van der Waals surface area contributed by atoms with Gasteiger partial charge in [0.2, 0.25) is 0 Å². The maximum absolute atomic E-state index is 11.7. The highest BCUT2D eigenvalue weighted by Gasteiger charge is 2.17. The molecule has 2 rings (SSSR count). The van der Waals surface area contributed by atoms with Crippen molar-refractivity contribution in [2.24, 2.45) is 0 Å². The van der Waals surface area contributed by atoms with E-state index in [2.05, 4.69) is 29.6 Å². The first-order valence-corrected chi connectivity index (χ1v) is 6.27. The predicted molar refractivity (Wildman–Crippen MR) is 67.0 cm³/mol. The molecule has 0 aliphatic heterocycles. The molecule has 1 aliphatic carbocycles. The molecule has 0 radical (unpaired) electrons. The van der Waals surface area contributed by atoms with Crippen molar-refractivity contribution in [3.8, 4) is 0 Å². The van der Waals surface area contributed by atoms with Crippen LogP contribution in [0.15, 0.2) is 12.4 Å². The highest BCUT2D eigenvalue weighted by Crippen LogP contribution is 2.17. The number of carbonyl (C=O) groups is 1. The van der Waals surface area contributed by atoms with E-state index in [4.69, 9.17) is 0 Å². The lowest BCUT2D eigenvalue weighted by molar-refractivity contribution is 0.248. The molecule has 1 aliphatic rings. The van der Waals surface area contributed by atoms with Crippen LogP contribution in [0.2, 0.25) is 0 Å². The Bertz CT molecular complexity index is 380. The number of anilines is 1. The summed E-state index contributed by atoms with van der Waals surface area (Å²) in [6, 6.07) is 0.527. The first kappa shape index (κ1) is 12.0. The van der Waals surface area contributed by atoms with Gasteiger partial charge in [0.15, 0.2) is 0 Å². The van der Waals surface area contributed by atoms with Crippen molar-refractivity contribution >= 4 is 11.7 Å². The second-order valence-corrected chi connectivity index (χ2v) is 4.88. The maximum Gasteiger partial charge on any atom is 0.319 e. The molecule has 0 aromatic carbocycles. The Kier molecular flexibility index (Phi) is 3.66. The van der Waals surface area contributed by atoms with Gasteiger partial charge in [-0.3, -0.25) is 4.68 Å². The number of nitrogens with one attached hydrogen (secondary N) is 2. The second-order valence-electron chi connectivity index (χ2n) is 4.88. The standard InChI is InChI=1S/C12H20N4O/c1-9(2)16-8-11(7-13-16)15-12(17)14-10-5-3-4-6-10/h7-10H,3-6H2,1-2H3,(H2,14,15,17). The minimum absolute atomic E-state index is 0.125. The monoisotopic (exact) mass is 236 g/mol. The van der Waals surface area contributed by atoms with Gasteiger partial charge in [-0.15, -0.1) is 0 Å². The number of carbonyl (C=O) groups excluding carboxylic acids is 1. The molecule has 0 unspecified atom stereocenters. The lowest BCUT2D eigenvalue weighted by Gasteiger charge is -2.11. The largest absolute Gasteiger partial charge is 0.335 e. The van der Waals surface area contributed by atoms with Crippen molar-refractivity contribution < 1.29 is 4.79 Å². The Morgan fingerprint density at radius 3 is 2.76 bits per heavy atom. The molecular weight excluding hydrogens is 216 g/mol. The minimum Gasteiger partial charge on any atom is -0.335 e. The van der Waals surface area contributed by atoms with Gasteiger partial charge in [-0.2, -0.15) is 5.10 Å². The third-order valence-electron chi connectivity index (χ3n) is 3.08. The molecular formula is C12H20N4O. The summed E-state index contributed by atoms with van der Waals surface area (Å²) in [7, 11) is 0. The van der Waals surface area contributed by atoms with E-state index in [1.165, 1.54) is 12.8 Å². The van der Waals surface area contributed by atoms with Gasteiger partial charge in [0, 0.05) is 18.3 Å². The molecule has 17 heavy (non-hydrogen) atoms. The molecule has 1 fully saturated rings. The first-order chi connectivity index (χ1) is 8.15. The van der Waals surface area contributed by atoms with Crippen LogP contribution >= 0.6 is 0 Å². The van der Waals surface area contributed by atoms with Crippen LogP contribution in [0.5, 0.6) is 0 Å². The molecule has 1 heterocycles. The van der Waals surface area contributed by atoms with Crippen LogP contribution in [-0.4, -0.2) is 21.9 Å². The van der Waals surface area contributed by atoms with Crippen LogP contribution in [0.1, 0.15) is 45.6 Å². The number of urea groups is 1. The number of aromatic nitrogens is 2. The molecule has 0 spiro atoms. The molecule has 5 heteroatoms. The predicted octanol–water partition coefficient (Wildman–Crippen LogP) is 2.53. The summed E-state index contributed by atoms with van der Waals surface area (Å²) >= 11 is 0. The summed E-state index contributed by atoms with van der Waals surface area (Å²) in [4.78, 5) is 11.7. The van der Waals surface area contributed by atoms with Gasteiger partial charge >= 0.3 is 6.03 Å². The fourth-order valence-corrected chi connectivity index (χ4v) is 2.11. The van der Waals surface area contributed by atoms with Crippen LogP contribution in [0.3, 0.4) is 0 Å². The molecule has 0 atom stereocenters. The SMILES string of the molecule is CC(C)n1cc(NC(=O)NC2CCCC2)cn1. The lowest BCUT2D eigenvalue weighted by Crippen LogP contribution is -2.36. The van der Waals surface area contributed by atoms with E-state index in [-0.39, 0.29) is 6.03 Å². The molecule has 1 saturated carbocycles. The lowest BCUT2D eigenvalue weighted by atomic mass is 10.2. The van der Waals surface area contributed by atoms with Gasteiger partial charge < -0.3 is 10.6 Å². The highest BCUT2D eigenvalue weighted by molar-refractivity contribution is 5.89. The van der Waals surface area contributed by atoms with Gasteiger partial charge in [0.05, 0.1) is 11.9 Å². The molecule has 94 valence electrons.